The molecule has 20 heavy (non-hydrogen) atoms. The number of carbonyl (C=O) groups is 1. The molecule has 0 saturated heterocycles. The van der Waals surface area contributed by atoms with Gasteiger partial charge in [-0.25, -0.2) is 0 Å². The van der Waals surface area contributed by atoms with Crippen molar-refractivity contribution in [2.24, 2.45) is 0 Å². The third-order valence-corrected chi connectivity index (χ3v) is 3.08. The van der Waals surface area contributed by atoms with E-state index in [-0.39, 0.29) is 17.2 Å². The Morgan fingerprint density at radius 1 is 1.50 bits per heavy atom. The average molecular weight is 340 g/mol. The van der Waals surface area contributed by atoms with Gasteiger partial charge in [-0.2, -0.15) is 4.68 Å². The minimum atomic E-state index is -0.722. The molecular formula is C11H10BrN5O3. The summed E-state index contributed by atoms with van der Waals surface area (Å²) in [5, 5.41) is 16.9. The van der Waals surface area contributed by atoms with Gasteiger partial charge < -0.3 is 15.4 Å². The molecule has 1 amide bonds. The summed E-state index contributed by atoms with van der Waals surface area (Å²) in [6.45, 7) is 1.70. The van der Waals surface area contributed by atoms with Crippen molar-refractivity contribution in [2.45, 2.75) is 13.5 Å². The highest BCUT2D eigenvalue weighted by atomic mass is 79.9. The molecule has 0 fully saturated rings. The molecule has 1 heterocycles. The Morgan fingerprint density at radius 2 is 2.20 bits per heavy atom. The van der Waals surface area contributed by atoms with Crippen LogP contribution in [0.3, 0.4) is 0 Å². The Balaban J connectivity index is 2.09. The summed E-state index contributed by atoms with van der Waals surface area (Å²) in [6.07, 6.45) is 0. The lowest BCUT2D eigenvalue weighted by molar-refractivity contribution is -0.394. The highest BCUT2D eigenvalue weighted by Crippen LogP contribution is 2.15. The van der Waals surface area contributed by atoms with Crippen molar-refractivity contribution < 1.29 is 9.72 Å². The predicted octanol–water partition coefficient (Wildman–Crippen LogP) is 1.90. The lowest BCUT2D eigenvalue weighted by Gasteiger charge is -2.06. The van der Waals surface area contributed by atoms with Gasteiger partial charge in [-0.3, -0.25) is 4.79 Å². The van der Waals surface area contributed by atoms with Crippen molar-refractivity contribution in [3.05, 3.63) is 44.7 Å². The van der Waals surface area contributed by atoms with E-state index in [0.717, 1.165) is 10.2 Å². The van der Waals surface area contributed by atoms with Gasteiger partial charge in [0.1, 0.15) is 6.54 Å². The van der Waals surface area contributed by atoms with Crippen molar-refractivity contribution in [1.29, 1.82) is 0 Å². The Morgan fingerprint density at radius 3 is 2.80 bits per heavy atom. The number of anilines is 1. The number of benzene rings is 1. The van der Waals surface area contributed by atoms with Crippen LogP contribution in [0.15, 0.2) is 29.0 Å². The van der Waals surface area contributed by atoms with Crippen molar-refractivity contribution in [3.63, 3.8) is 0 Å². The van der Waals surface area contributed by atoms with Gasteiger partial charge in [0.05, 0.1) is 0 Å². The maximum atomic E-state index is 11.9. The zero-order valence-corrected chi connectivity index (χ0v) is 12.0. The number of nitro groups is 1. The highest BCUT2D eigenvalue weighted by Gasteiger charge is 2.21. The largest absolute Gasteiger partial charge is 0.492 e. The number of para-hydroxylation sites is 1. The van der Waals surface area contributed by atoms with Crippen molar-refractivity contribution in [1.82, 2.24) is 14.8 Å². The number of aryl methyl sites for hydroxylation is 1. The van der Waals surface area contributed by atoms with Gasteiger partial charge in [0.2, 0.25) is 5.91 Å². The number of amides is 1. The van der Waals surface area contributed by atoms with Crippen molar-refractivity contribution in [2.75, 3.05) is 5.32 Å². The van der Waals surface area contributed by atoms with E-state index < -0.39 is 10.9 Å². The molecule has 0 bridgehead atoms. The fourth-order valence-corrected chi connectivity index (χ4v) is 1.89. The van der Waals surface area contributed by atoms with Gasteiger partial charge in [-0.1, -0.05) is 18.2 Å². The molecule has 0 unspecified atom stereocenters. The number of nitrogens with zero attached hydrogens (tertiary/aromatic N) is 4. The number of hydrogen-bond acceptors (Lipinski definition) is 5. The topological polar surface area (TPSA) is 103 Å². The number of rotatable bonds is 4. The summed E-state index contributed by atoms with van der Waals surface area (Å²) in [6, 6.07) is 7.30. The number of halogens is 1. The monoisotopic (exact) mass is 339 g/mol. The molecule has 9 heteroatoms. The Hall–Kier alpha value is -2.29. The van der Waals surface area contributed by atoms with E-state index in [1.807, 2.05) is 19.1 Å². The van der Waals surface area contributed by atoms with Crippen molar-refractivity contribution >= 4 is 33.5 Å². The lowest BCUT2D eigenvalue weighted by atomic mass is 10.2. The summed E-state index contributed by atoms with van der Waals surface area (Å²) in [5.41, 5.74) is 1.60. The van der Waals surface area contributed by atoms with E-state index in [1.165, 1.54) is 0 Å². The van der Waals surface area contributed by atoms with E-state index in [0.29, 0.717) is 5.69 Å². The first-order valence-corrected chi connectivity index (χ1v) is 6.37. The van der Waals surface area contributed by atoms with Crippen LogP contribution >= 0.6 is 15.9 Å². The van der Waals surface area contributed by atoms with Crippen LogP contribution in [0.5, 0.6) is 0 Å². The average Bonchev–Trinajstić information content (AvgIpc) is 2.74. The number of hydrogen-bond donors (Lipinski definition) is 1. The quantitative estimate of drug-likeness (QED) is 0.676. The molecule has 1 aromatic carbocycles. The number of nitrogens with one attached hydrogen (secondary N) is 1. The summed E-state index contributed by atoms with van der Waals surface area (Å²) < 4.78 is 1.25. The Bertz CT molecular complexity index is 670. The van der Waals surface area contributed by atoms with Gasteiger partial charge in [-0.05, 0) is 28.5 Å². The van der Waals surface area contributed by atoms with Crippen molar-refractivity contribution in [3.8, 4) is 0 Å². The maximum Gasteiger partial charge on any atom is 0.492 e. The van der Waals surface area contributed by atoms with Crippen LogP contribution in [0.1, 0.15) is 5.56 Å². The van der Waals surface area contributed by atoms with Crippen LogP contribution in [0.2, 0.25) is 0 Å². The fraction of sp³-hybridized carbons (Fsp3) is 0.182. The Labute approximate surface area is 122 Å². The van der Waals surface area contributed by atoms with Crippen LogP contribution in [0.4, 0.5) is 11.6 Å². The molecule has 0 spiro atoms. The molecule has 1 aromatic heterocycles. The third-order valence-electron chi connectivity index (χ3n) is 2.49. The summed E-state index contributed by atoms with van der Waals surface area (Å²) in [7, 11) is 0. The molecule has 0 atom stereocenters. The second kappa shape index (κ2) is 5.78. The molecule has 0 radical (unpaired) electrons. The molecule has 0 aliphatic carbocycles. The van der Waals surface area contributed by atoms with E-state index in [2.05, 4.69) is 31.3 Å². The van der Waals surface area contributed by atoms with Gasteiger partial charge in [0.25, 0.3) is 4.73 Å². The summed E-state index contributed by atoms with van der Waals surface area (Å²) in [5.74, 6) is -0.902. The van der Waals surface area contributed by atoms with E-state index in [4.69, 9.17) is 0 Å². The number of carbonyl (C=O) groups excluding carboxylic acids is 1. The third kappa shape index (κ3) is 3.18. The van der Waals surface area contributed by atoms with Crippen LogP contribution in [0.25, 0.3) is 0 Å². The first-order chi connectivity index (χ1) is 9.47. The van der Waals surface area contributed by atoms with E-state index in [9.17, 15) is 14.9 Å². The zero-order valence-electron chi connectivity index (χ0n) is 10.4. The van der Waals surface area contributed by atoms with Gasteiger partial charge in [0, 0.05) is 26.7 Å². The zero-order chi connectivity index (χ0) is 14.7. The smallest absolute Gasteiger partial charge is 0.390 e. The standard InChI is InChI=1S/C11H10BrN5O3/c1-7-4-2-3-5-8(7)13-9(18)6-16-10(12)14-11(15-16)17(19)20/h2-5H,6H2,1H3,(H,13,18). The van der Waals surface area contributed by atoms with Gasteiger partial charge in [-0.15, -0.1) is 0 Å². The van der Waals surface area contributed by atoms with Crippen LogP contribution < -0.4 is 5.32 Å². The molecule has 0 aliphatic rings. The molecule has 104 valence electrons. The fourth-order valence-electron chi connectivity index (χ4n) is 1.53. The lowest BCUT2D eigenvalue weighted by Crippen LogP contribution is -2.20. The molecule has 8 nitrogen and oxygen atoms in total. The maximum absolute atomic E-state index is 11.9. The van der Waals surface area contributed by atoms with Gasteiger partial charge >= 0.3 is 5.95 Å². The molecule has 2 rings (SSSR count). The first-order valence-electron chi connectivity index (χ1n) is 5.57. The number of aromatic nitrogens is 3. The SMILES string of the molecule is Cc1ccccc1NC(=O)Cn1nc([N+](=O)[O-])nc1Br. The first kappa shape index (κ1) is 14.1. The van der Waals surface area contributed by atoms with Gasteiger partial charge in [0.15, 0.2) is 0 Å². The molecule has 1 N–H and O–H groups in total. The summed E-state index contributed by atoms with van der Waals surface area (Å²) in [4.78, 5) is 25.3. The Kier molecular flexibility index (Phi) is 4.08. The molecule has 2 aromatic rings. The van der Waals surface area contributed by atoms with Crippen LogP contribution in [0, 0.1) is 17.0 Å². The van der Waals surface area contributed by atoms with Crippen LogP contribution in [-0.4, -0.2) is 25.6 Å². The summed E-state index contributed by atoms with van der Waals surface area (Å²) >= 11 is 3.02. The normalized spacial score (nSPS) is 10.3. The minimum Gasteiger partial charge on any atom is -0.390 e. The highest BCUT2D eigenvalue weighted by molar-refractivity contribution is 9.10. The van der Waals surface area contributed by atoms with E-state index >= 15 is 0 Å². The second-order valence-corrected chi connectivity index (χ2v) is 4.67. The molecule has 0 saturated carbocycles. The second-order valence-electron chi connectivity index (χ2n) is 3.96. The van der Waals surface area contributed by atoms with E-state index in [1.54, 1.807) is 12.1 Å². The molecule has 0 aliphatic heterocycles. The van der Waals surface area contributed by atoms with Crippen LogP contribution in [-0.2, 0) is 11.3 Å². The molecular weight excluding hydrogens is 330 g/mol. The minimum absolute atomic E-state index is 0.129. The predicted molar refractivity (Wildman–Crippen MR) is 74.2 cm³/mol.